The minimum Gasteiger partial charge on any atom is -0.378 e. The first kappa shape index (κ1) is 10.9. The molecule has 1 N–H and O–H groups in total. The number of aromatic nitrogens is 3. The molecule has 0 fully saturated rings. The van der Waals surface area contributed by atoms with Crippen LogP contribution in [0.1, 0.15) is 0 Å². The molecule has 0 aliphatic carbocycles. The maximum atomic E-state index is 5.08. The summed E-state index contributed by atoms with van der Waals surface area (Å²) in [7, 11) is 5.94. The van der Waals surface area contributed by atoms with Crippen LogP contribution in [0.15, 0.2) is 24.3 Å². The molecular weight excluding hydrogens is 220 g/mol. The van der Waals surface area contributed by atoms with E-state index in [0.717, 1.165) is 11.4 Å². The van der Waals surface area contributed by atoms with Crippen molar-refractivity contribution in [1.82, 2.24) is 14.8 Å². The van der Waals surface area contributed by atoms with Crippen LogP contribution in [0.3, 0.4) is 0 Å². The summed E-state index contributed by atoms with van der Waals surface area (Å²) in [6.45, 7) is 0. The minimum absolute atomic E-state index is 0.631. The number of H-pyrrole nitrogens is 1. The first-order chi connectivity index (χ1) is 7.59. The number of hydrogen-bond acceptors (Lipinski definition) is 3. The molecule has 0 saturated carbocycles. The van der Waals surface area contributed by atoms with E-state index in [4.69, 9.17) is 12.2 Å². The molecule has 5 heteroatoms. The maximum Gasteiger partial charge on any atom is 0.195 e. The van der Waals surface area contributed by atoms with Crippen LogP contribution in [0.5, 0.6) is 0 Å². The van der Waals surface area contributed by atoms with Gasteiger partial charge in [0.05, 0.1) is 0 Å². The van der Waals surface area contributed by atoms with E-state index in [1.54, 1.807) is 0 Å². The van der Waals surface area contributed by atoms with Crippen molar-refractivity contribution in [2.24, 2.45) is 7.05 Å². The molecule has 0 atom stereocenters. The summed E-state index contributed by atoms with van der Waals surface area (Å²) in [6.07, 6.45) is 0. The van der Waals surface area contributed by atoms with Gasteiger partial charge in [0.1, 0.15) is 0 Å². The standard InChI is InChI=1S/C11H14N4S/c1-14(2)9-6-4-8(5-7-9)10-12-13-11(16)15(10)3/h4-7H,1-3H3,(H,13,16). The summed E-state index contributed by atoms with van der Waals surface area (Å²) in [5.41, 5.74) is 2.22. The zero-order chi connectivity index (χ0) is 11.7. The summed E-state index contributed by atoms with van der Waals surface area (Å²) in [5, 5.41) is 6.97. The van der Waals surface area contributed by atoms with Crippen molar-refractivity contribution < 1.29 is 0 Å². The minimum atomic E-state index is 0.631. The van der Waals surface area contributed by atoms with Gasteiger partial charge in [-0.3, -0.25) is 5.10 Å². The molecule has 0 aliphatic heterocycles. The Labute approximate surface area is 99.5 Å². The van der Waals surface area contributed by atoms with Crippen molar-refractivity contribution in [3.05, 3.63) is 29.0 Å². The Kier molecular flexibility index (Phi) is 2.78. The van der Waals surface area contributed by atoms with Crippen molar-refractivity contribution in [1.29, 1.82) is 0 Å². The lowest BCUT2D eigenvalue weighted by atomic mass is 10.2. The van der Waals surface area contributed by atoms with E-state index < -0.39 is 0 Å². The Morgan fingerprint density at radius 3 is 2.31 bits per heavy atom. The molecule has 2 aromatic rings. The van der Waals surface area contributed by atoms with Crippen molar-refractivity contribution in [2.45, 2.75) is 0 Å². The molecular formula is C11H14N4S. The lowest BCUT2D eigenvalue weighted by Crippen LogP contribution is -2.08. The van der Waals surface area contributed by atoms with Crippen LogP contribution in [0.4, 0.5) is 5.69 Å². The third-order valence-corrected chi connectivity index (χ3v) is 2.89. The molecule has 1 heterocycles. The average Bonchev–Trinajstić information content (AvgIpc) is 2.60. The summed E-state index contributed by atoms with van der Waals surface area (Å²) in [6, 6.07) is 8.21. The summed E-state index contributed by atoms with van der Waals surface area (Å²) in [4.78, 5) is 2.06. The molecule has 1 aromatic carbocycles. The molecule has 0 bridgehead atoms. The Hall–Kier alpha value is -1.62. The van der Waals surface area contributed by atoms with Crippen LogP contribution >= 0.6 is 12.2 Å². The van der Waals surface area contributed by atoms with Gasteiger partial charge in [0.15, 0.2) is 10.6 Å². The molecule has 1 aromatic heterocycles. The fourth-order valence-electron chi connectivity index (χ4n) is 1.51. The highest BCUT2D eigenvalue weighted by Crippen LogP contribution is 2.20. The van der Waals surface area contributed by atoms with Gasteiger partial charge >= 0.3 is 0 Å². The van der Waals surface area contributed by atoms with Crippen LogP contribution in [-0.4, -0.2) is 28.9 Å². The quantitative estimate of drug-likeness (QED) is 0.809. The first-order valence-corrected chi connectivity index (χ1v) is 5.39. The molecule has 2 rings (SSSR count). The number of rotatable bonds is 2. The zero-order valence-corrected chi connectivity index (χ0v) is 10.4. The monoisotopic (exact) mass is 234 g/mol. The zero-order valence-electron chi connectivity index (χ0n) is 9.56. The number of benzene rings is 1. The largest absolute Gasteiger partial charge is 0.378 e. The maximum absolute atomic E-state index is 5.08. The van der Waals surface area contributed by atoms with Crippen molar-refractivity contribution in [2.75, 3.05) is 19.0 Å². The van der Waals surface area contributed by atoms with Gasteiger partial charge in [0.25, 0.3) is 0 Å². The Morgan fingerprint density at radius 1 is 1.25 bits per heavy atom. The number of nitrogens with zero attached hydrogens (tertiary/aromatic N) is 3. The van der Waals surface area contributed by atoms with Crippen LogP contribution in [0, 0.1) is 4.77 Å². The van der Waals surface area contributed by atoms with E-state index in [1.807, 2.05) is 37.8 Å². The van der Waals surface area contributed by atoms with Crippen molar-refractivity contribution in [3.8, 4) is 11.4 Å². The number of anilines is 1. The lowest BCUT2D eigenvalue weighted by Gasteiger charge is -2.12. The SMILES string of the molecule is CN(C)c1ccc(-c2n[nH]c(=S)n2C)cc1. The summed E-state index contributed by atoms with van der Waals surface area (Å²) >= 11 is 5.08. The molecule has 0 radical (unpaired) electrons. The normalized spacial score (nSPS) is 10.4. The van der Waals surface area contributed by atoms with E-state index in [2.05, 4.69) is 27.2 Å². The third kappa shape index (κ3) is 1.86. The van der Waals surface area contributed by atoms with Crippen LogP contribution < -0.4 is 4.90 Å². The molecule has 0 spiro atoms. The van der Waals surface area contributed by atoms with Gasteiger partial charge < -0.3 is 9.47 Å². The number of hydrogen-bond donors (Lipinski definition) is 1. The van der Waals surface area contributed by atoms with Gasteiger partial charge in [0, 0.05) is 32.4 Å². The van der Waals surface area contributed by atoms with Gasteiger partial charge in [0.2, 0.25) is 0 Å². The molecule has 84 valence electrons. The number of nitrogens with one attached hydrogen (secondary N) is 1. The summed E-state index contributed by atoms with van der Waals surface area (Å²) in [5.74, 6) is 0.857. The van der Waals surface area contributed by atoms with E-state index in [9.17, 15) is 0 Å². The first-order valence-electron chi connectivity index (χ1n) is 4.99. The van der Waals surface area contributed by atoms with E-state index in [-0.39, 0.29) is 0 Å². The van der Waals surface area contributed by atoms with Crippen molar-refractivity contribution in [3.63, 3.8) is 0 Å². The Balaban J connectivity index is 2.42. The van der Waals surface area contributed by atoms with Gasteiger partial charge in [-0.1, -0.05) is 0 Å². The summed E-state index contributed by atoms with van der Waals surface area (Å²) < 4.78 is 2.49. The van der Waals surface area contributed by atoms with E-state index in [1.165, 1.54) is 5.69 Å². The van der Waals surface area contributed by atoms with E-state index >= 15 is 0 Å². The fraction of sp³-hybridized carbons (Fsp3) is 0.273. The predicted octanol–water partition coefficient (Wildman–Crippen LogP) is 2.21. The second-order valence-corrected chi connectivity index (χ2v) is 4.24. The Bertz CT molecular complexity index is 536. The topological polar surface area (TPSA) is 36.9 Å². The molecule has 0 aliphatic rings. The van der Waals surface area contributed by atoms with Crippen LogP contribution in [0.25, 0.3) is 11.4 Å². The molecule has 4 nitrogen and oxygen atoms in total. The highest BCUT2D eigenvalue weighted by molar-refractivity contribution is 7.71. The molecule has 16 heavy (non-hydrogen) atoms. The van der Waals surface area contributed by atoms with Gasteiger partial charge in [-0.15, -0.1) is 0 Å². The third-order valence-electron chi connectivity index (χ3n) is 2.52. The molecule has 0 unspecified atom stereocenters. The second kappa shape index (κ2) is 4.09. The highest BCUT2D eigenvalue weighted by Gasteiger charge is 2.05. The lowest BCUT2D eigenvalue weighted by molar-refractivity contribution is 0.902. The van der Waals surface area contributed by atoms with Gasteiger partial charge in [-0.2, -0.15) is 5.10 Å². The predicted molar refractivity (Wildman–Crippen MR) is 68.2 cm³/mol. The number of aromatic amines is 1. The van der Waals surface area contributed by atoms with Crippen LogP contribution in [-0.2, 0) is 7.05 Å². The highest BCUT2D eigenvalue weighted by atomic mass is 32.1. The van der Waals surface area contributed by atoms with Crippen LogP contribution in [0.2, 0.25) is 0 Å². The molecule has 0 saturated heterocycles. The fourth-order valence-corrected chi connectivity index (χ4v) is 1.65. The van der Waals surface area contributed by atoms with E-state index in [0.29, 0.717) is 4.77 Å². The second-order valence-electron chi connectivity index (χ2n) is 3.85. The van der Waals surface area contributed by atoms with Gasteiger partial charge in [-0.05, 0) is 36.5 Å². The molecule has 0 amide bonds. The van der Waals surface area contributed by atoms with Crippen molar-refractivity contribution >= 4 is 17.9 Å². The van der Waals surface area contributed by atoms with Gasteiger partial charge in [-0.25, -0.2) is 0 Å². The Morgan fingerprint density at radius 2 is 1.88 bits per heavy atom. The smallest absolute Gasteiger partial charge is 0.195 e. The average molecular weight is 234 g/mol.